The largest absolute Gasteiger partial charge is 0.436 e. The number of aliphatic hydroxyl groups excluding tert-OH is 1. The number of fused-ring (bicyclic) bond motifs is 1. The molecule has 0 radical (unpaired) electrons. The average Bonchev–Trinajstić information content (AvgIpc) is 2.83. The summed E-state index contributed by atoms with van der Waals surface area (Å²) in [5.41, 5.74) is 2.97. The molecule has 0 amide bonds. The Kier molecular flexibility index (Phi) is 2.78. The van der Waals surface area contributed by atoms with Crippen molar-refractivity contribution in [1.29, 1.82) is 0 Å². The van der Waals surface area contributed by atoms with Crippen LogP contribution in [0.3, 0.4) is 0 Å². The molecule has 0 aliphatic rings. The first-order valence-electron chi connectivity index (χ1n) is 5.53. The lowest BCUT2D eigenvalue weighted by molar-refractivity contribution is 0.282. The molecule has 4 heteroatoms. The van der Waals surface area contributed by atoms with Crippen molar-refractivity contribution in [3.63, 3.8) is 0 Å². The van der Waals surface area contributed by atoms with Gasteiger partial charge in [0.25, 0.3) is 0 Å². The first-order chi connectivity index (χ1) is 8.78. The molecule has 2 aromatic carbocycles. The summed E-state index contributed by atoms with van der Waals surface area (Å²) in [5.74, 6) is 0.530. The predicted molar refractivity (Wildman–Crippen MR) is 70.4 cm³/mol. The Hall–Kier alpha value is -1.84. The third-order valence-electron chi connectivity index (χ3n) is 2.76. The van der Waals surface area contributed by atoms with Crippen LogP contribution in [0.4, 0.5) is 0 Å². The van der Waals surface area contributed by atoms with Crippen LogP contribution < -0.4 is 0 Å². The van der Waals surface area contributed by atoms with Crippen molar-refractivity contribution in [3.05, 3.63) is 53.1 Å². The standard InChI is InChI=1S/C14H10ClNO2/c15-11-6-4-9(5-7-11)14-16-12-3-1-2-10(8-17)13(12)18-14/h1-7,17H,8H2. The Morgan fingerprint density at radius 1 is 1.11 bits per heavy atom. The van der Waals surface area contributed by atoms with Crippen LogP contribution in [0.15, 0.2) is 46.9 Å². The second kappa shape index (κ2) is 4.44. The Morgan fingerprint density at radius 2 is 1.89 bits per heavy atom. The molecule has 0 fully saturated rings. The SMILES string of the molecule is OCc1cccc2nc(-c3ccc(Cl)cc3)oc12. The van der Waals surface area contributed by atoms with E-state index in [1.165, 1.54) is 0 Å². The summed E-state index contributed by atoms with van der Waals surface area (Å²) < 4.78 is 5.70. The quantitative estimate of drug-likeness (QED) is 0.764. The van der Waals surface area contributed by atoms with Crippen molar-refractivity contribution < 1.29 is 9.52 Å². The molecule has 0 saturated heterocycles. The molecule has 0 bridgehead atoms. The fraction of sp³-hybridized carbons (Fsp3) is 0.0714. The number of halogens is 1. The Bertz CT molecular complexity index is 689. The minimum absolute atomic E-state index is 0.0629. The van der Waals surface area contributed by atoms with Crippen LogP contribution in [0.2, 0.25) is 5.02 Å². The summed E-state index contributed by atoms with van der Waals surface area (Å²) in [6.07, 6.45) is 0. The number of oxazole rings is 1. The fourth-order valence-corrected chi connectivity index (χ4v) is 1.97. The minimum atomic E-state index is -0.0629. The lowest BCUT2D eigenvalue weighted by atomic mass is 10.2. The Morgan fingerprint density at radius 3 is 2.61 bits per heavy atom. The van der Waals surface area contributed by atoms with Crippen molar-refractivity contribution in [2.75, 3.05) is 0 Å². The van der Waals surface area contributed by atoms with Crippen molar-refractivity contribution in [2.45, 2.75) is 6.61 Å². The van der Waals surface area contributed by atoms with Gasteiger partial charge in [0.1, 0.15) is 5.52 Å². The van der Waals surface area contributed by atoms with E-state index in [-0.39, 0.29) is 6.61 Å². The molecule has 3 nitrogen and oxygen atoms in total. The summed E-state index contributed by atoms with van der Waals surface area (Å²) in [5, 5.41) is 9.92. The highest BCUT2D eigenvalue weighted by Crippen LogP contribution is 2.27. The van der Waals surface area contributed by atoms with Gasteiger partial charge < -0.3 is 9.52 Å². The van der Waals surface area contributed by atoms with E-state index >= 15 is 0 Å². The van der Waals surface area contributed by atoms with Crippen LogP contribution in [-0.2, 0) is 6.61 Å². The number of rotatable bonds is 2. The molecular formula is C14H10ClNO2. The van der Waals surface area contributed by atoms with Gasteiger partial charge in [-0.05, 0) is 30.3 Å². The van der Waals surface area contributed by atoms with Crippen LogP contribution in [0.1, 0.15) is 5.56 Å². The highest BCUT2D eigenvalue weighted by Gasteiger charge is 2.10. The smallest absolute Gasteiger partial charge is 0.227 e. The van der Waals surface area contributed by atoms with E-state index in [1.54, 1.807) is 12.1 Å². The van der Waals surface area contributed by atoms with Gasteiger partial charge in [-0.15, -0.1) is 0 Å². The molecule has 3 aromatic rings. The van der Waals surface area contributed by atoms with Crippen molar-refractivity contribution in [3.8, 4) is 11.5 Å². The van der Waals surface area contributed by atoms with Gasteiger partial charge in [-0.3, -0.25) is 0 Å². The van der Waals surface area contributed by atoms with E-state index in [9.17, 15) is 5.11 Å². The minimum Gasteiger partial charge on any atom is -0.436 e. The van der Waals surface area contributed by atoms with E-state index in [0.717, 1.165) is 16.6 Å². The van der Waals surface area contributed by atoms with Crippen molar-refractivity contribution in [1.82, 2.24) is 4.98 Å². The second-order valence-electron chi connectivity index (χ2n) is 3.95. The summed E-state index contributed by atoms with van der Waals surface area (Å²) in [4.78, 5) is 4.40. The van der Waals surface area contributed by atoms with Gasteiger partial charge in [0.2, 0.25) is 5.89 Å². The van der Waals surface area contributed by atoms with E-state index in [1.807, 2.05) is 30.3 Å². The van der Waals surface area contributed by atoms with Gasteiger partial charge in [-0.25, -0.2) is 4.98 Å². The molecular weight excluding hydrogens is 250 g/mol. The normalized spacial score (nSPS) is 11.0. The van der Waals surface area contributed by atoms with Crippen LogP contribution in [0.5, 0.6) is 0 Å². The van der Waals surface area contributed by atoms with E-state index in [4.69, 9.17) is 16.0 Å². The van der Waals surface area contributed by atoms with Gasteiger partial charge in [-0.1, -0.05) is 23.7 Å². The van der Waals surface area contributed by atoms with E-state index in [2.05, 4.69) is 4.98 Å². The Labute approximate surface area is 109 Å². The molecule has 18 heavy (non-hydrogen) atoms. The van der Waals surface area contributed by atoms with E-state index in [0.29, 0.717) is 16.5 Å². The molecule has 1 heterocycles. The summed E-state index contributed by atoms with van der Waals surface area (Å²) in [6.45, 7) is -0.0629. The zero-order chi connectivity index (χ0) is 12.5. The number of hydrogen-bond acceptors (Lipinski definition) is 3. The lowest BCUT2D eigenvalue weighted by Crippen LogP contribution is -1.81. The zero-order valence-corrected chi connectivity index (χ0v) is 10.2. The number of benzene rings is 2. The number of aromatic nitrogens is 1. The first-order valence-corrected chi connectivity index (χ1v) is 5.91. The maximum atomic E-state index is 9.25. The lowest BCUT2D eigenvalue weighted by Gasteiger charge is -1.95. The van der Waals surface area contributed by atoms with Crippen LogP contribution >= 0.6 is 11.6 Å². The topological polar surface area (TPSA) is 46.3 Å². The number of para-hydroxylation sites is 1. The summed E-state index contributed by atoms with van der Waals surface area (Å²) in [6, 6.07) is 12.8. The highest BCUT2D eigenvalue weighted by molar-refractivity contribution is 6.30. The van der Waals surface area contributed by atoms with Crippen LogP contribution in [0, 0.1) is 0 Å². The maximum absolute atomic E-state index is 9.25. The molecule has 0 spiro atoms. The van der Waals surface area contributed by atoms with Gasteiger partial charge in [-0.2, -0.15) is 0 Å². The molecule has 0 aliphatic heterocycles. The third kappa shape index (κ3) is 1.88. The molecule has 0 unspecified atom stereocenters. The first kappa shape index (κ1) is 11.3. The van der Waals surface area contributed by atoms with Gasteiger partial charge in [0.05, 0.1) is 6.61 Å². The zero-order valence-electron chi connectivity index (χ0n) is 9.43. The molecule has 90 valence electrons. The third-order valence-corrected chi connectivity index (χ3v) is 3.01. The molecule has 3 rings (SSSR count). The van der Waals surface area contributed by atoms with Gasteiger partial charge in [0, 0.05) is 16.1 Å². The van der Waals surface area contributed by atoms with E-state index < -0.39 is 0 Å². The summed E-state index contributed by atoms with van der Waals surface area (Å²) in [7, 11) is 0. The predicted octanol–water partition coefficient (Wildman–Crippen LogP) is 3.64. The molecule has 0 atom stereocenters. The fourth-order valence-electron chi connectivity index (χ4n) is 1.85. The monoisotopic (exact) mass is 259 g/mol. The molecule has 1 N–H and O–H groups in total. The van der Waals surface area contributed by atoms with Crippen LogP contribution in [-0.4, -0.2) is 10.1 Å². The number of hydrogen-bond donors (Lipinski definition) is 1. The second-order valence-corrected chi connectivity index (χ2v) is 4.39. The molecule has 1 aromatic heterocycles. The molecule has 0 aliphatic carbocycles. The van der Waals surface area contributed by atoms with Gasteiger partial charge >= 0.3 is 0 Å². The molecule has 0 saturated carbocycles. The van der Waals surface area contributed by atoms with Crippen LogP contribution in [0.25, 0.3) is 22.6 Å². The summed E-state index contributed by atoms with van der Waals surface area (Å²) >= 11 is 5.84. The highest BCUT2D eigenvalue weighted by atomic mass is 35.5. The van der Waals surface area contributed by atoms with Crippen molar-refractivity contribution >= 4 is 22.7 Å². The maximum Gasteiger partial charge on any atom is 0.227 e. The van der Waals surface area contributed by atoms with Gasteiger partial charge in [0.15, 0.2) is 5.58 Å². The number of aliphatic hydroxyl groups is 1. The Balaban J connectivity index is 2.16. The number of nitrogens with zero attached hydrogens (tertiary/aromatic N) is 1. The van der Waals surface area contributed by atoms with Crippen molar-refractivity contribution in [2.24, 2.45) is 0 Å². The average molecular weight is 260 g/mol.